The molecule has 0 fully saturated rings. The molecule has 0 aliphatic rings. The minimum atomic E-state index is -2.12. The molecule has 11 nitrogen and oxygen atoms in total. The van der Waals surface area contributed by atoms with Gasteiger partial charge in [0.05, 0.1) is 38.4 Å². The number of rotatable bonds is 17. The lowest BCUT2D eigenvalue weighted by molar-refractivity contribution is -0.336. The summed E-state index contributed by atoms with van der Waals surface area (Å²) in [6, 6.07) is 0. The standard InChI is InChI=1S/C21H32O11/c1-6-17(25)30-14-21(20(11-22,12-23)13-24,31-9-7-28-18(26)15(2)3)32-10-8-29-19(27)16(4)5/h6,22-24H,1-2,4,7-14H2,3,5H3. The number of hydrogen-bond acceptors (Lipinski definition) is 11. The van der Waals surface area contributed by atoms with E-state index in [1.54, 1.807) is 0 Å². The van der Waals surface area contributed by atoms with Gasteiger partial charge >= 0.3 is 17.9 Å². The zero-order valence-corrected chi connectivity index (χ0v) is 18.5. The van der Waals surface area contributed by atoms with Crippen molar-refractivity contribution in [1.82, 2.24) is 0 Å². The summed E-state index contributed by atoms with van der Waals surface area (Å²) < 4.78 is 26.2. The molecule has 0 saturated heterocycles. The van der Waals surface area contributed by atoms with E-state index in [0.29, 0.717) is 0 Å². The van der Waals surface area contributed by atoms with Crippen LogP contribution in [0.25, 0.3) is 0 Å². The first-order chi connectivity index (χ1) is 15.0. The summed E-state index contributed by atoms with van der Waals surface area (Å²) in [4.78, 5) is 34.7. The zero-order chi connectivity index (χ0) is 24.8. The molecular formula is C21H32O11. The van der Waals surface area contributed by atoms with Crippen molar-refractivity contribution in [3.63, 3.8) is 0 Å². The second kappa shape index (κ2) is 14.5. The molecule has 0 amide bonds. The summed E-state index contributed by atoms with van der Waals surface area (Å²) in [5, 5.41) is 29.8. The summed E-state index contributed by atoms with van der Waals surface area (Å²) in [7, 11) is 0. The maximum Gasteiger partial charge on any atom is 0.333 e. The van der Waals surface area contributed by atoms with Crippen molar-refractivity contribution in [2.45, 2.75) is 19.6 Å². The lowest BCUT2D eigenvalue weighted by atomic mass is 9.81. The Morgan fingerprint density at radius 1 is 0.781 bits per heavy atom. The highest BCUT2D eigenvalue weighted by atomic mass is 16.7. The summed E-state index contributed by atoms with van der Waals surface area (Å²) in [6.07, 6.45) is 0.868. The highest BCUT2D eigenvalue weighted by molar-refractivity contribution is 5.87. The van der Waals surface area contributed by atoms with E-state index < -0.39 is 55.5 Å². The third-order valence-corrected chi connectivity index (χ3v) is 4.29. The molecule has 0 aliphatic heterocycles. The van der Waals surface area contributed by atoms with Crippen LogP contribution >= 0.6 is 0 Å². The Bertz CT molecular complexity index is 637. The number of aliphatic hydroxyl groups excluding tert-OH is 3. The molecule has 0 aliphatic carbocycles. The third kappa shape index (κ3) is 8.52. The molecule has 0 aromatic heterocycles. The predicted molar refractivity (Wildman–Crippen MR) is 111 cm³/mol. The number of aliphatic hydroxyl groups is 3. The summed E-state index contributed by atoms with van der Waals surface area (Å²) in [6.45, 7) is 8.60. The molecule has 182 valence electrons. The van der Waals surface area contributed by atoms with Gasteiger partial charge in [0.2, 0.25) is 5.79 Å². The first-order valence-electron chi connectivity index (χ1n) is 9.59. The molecule has 11 heteroatoms. The van der Waals surface area contributed by atoms with Gasteiger partial charge in [-0.2, -0.15) is 0 Å². The van der Waals surface area contributed by atoms with Crippen LogP contribution in [0.5, 0.6) is 0 Å². The molecule has 0 spiro atoms. The minimum Gasteiger partial charge on any atom is -0.460 e. The Labute approximate surface area is 186 Å². The Hall–Kier alpha value is -2.57. The van der Waals surface area contributed by atoms with Crippen molar-refractivity contribution in [3.05, 3.63) is 37.0 Å². The van der Waals surface area contributed by atoms with Gasteiger partial charge in [-0.05, 0) is 13.8 Å². The maximum atomic E-state index is 11.6. The summed E-state index contributed by atoms with van der Waals surface area (Å²) in [5.74, 6) is -4.34. The van der Waals surface area contributed by atoms with Crippen molar-refractivity contribution in [3.8, 4) is 0 Å². The second-order valence-corrected chi connectivity index (χ2v) is 6.85. The van der Waals surface area contributed by atoms with Gasteiger partial charge in [0.15, 0.2) is 0 Å². The number of carbonyl (C=O) groups excluding carboxylic acids is 3. The van der Waals surface area contributed by atoms with Crippen LogP contribution in [0.4, 0.5) is 0 Å². The van der Waals surface area contributed by atoms with Crippen LogP contribution in [0.3, 0.4) is 0 Å². The van der Waals surface area contributed by atoms with Gasteiger partial charge in [-0.1, -0.05) is 19.7 Å². The van der Waals surface area contributed by atoms with Gasteiger partial charge in [-0.3, -0.25) is 0 Å². The van der Waals surface area contributed by atoms with E-state index in [9.17, 15) is 29.7 Å². The molecule has 0 atom stereocenters. The molecule has 0 saturated carbocycles. The van der Waals surface area contributed by atoms with Gasteiger partial charge in [-0.15, -0.1) is 0 Å². The van der Waals surface area contributed by atoms with Crippen LogP contribution in [0.2, 0.25) is 0 Å². The SMILES string of the molecule is C=CC(=O)OCC(OCCOC(=O)C(=C)C)(OCCOC(=O)C(=C)C)C(CO)(CO)CO. The van der Waals surface area contributed by atoms with Crippen molar-refractivity contribution in [1.29, 1.82) is 0 Å². The minimum absolute atomic E-state index is 0.155. The lowest BCUT2D eigenvalue weighted by Crippen LogP contribution is -2.62. The normalized spacial score (nSPS) is 11.4. The molecule has 0 heterocycles. The van der Waals surface area contributed by atoms with E-state index in [-0.39, 0.29) is 37.6 Å². The van der Waals surface area contributed by atoms with Crippen LogP contribution in [-0.4, -0.2) is 91.9 Å². The van der Waals surface area contributed by atoms with Gasteiger partial charge in [0.25, 0.3) is 0 Å². The van der Waals surface area contributed by atoms with Gasteiger partial charge in [0.1, 0.15) is 19.8 Å². The molecule has 0 radical (unpaired) electrons. The van der Waals surface area contributed by atoms with Crippen molar-refractivity contribution < 1.29 is 53.4 Å². The van der Waals surface area contributed by atoms with Crippen molar-refractivity contribution in [2.24, 2.45) is 5.41 Å². The Kier molecular flexibility index (Phi) is 13.3. The maximum absolute atomic E-state index is 11.6. The van der Waals surface area contributed by atoms with E-state index in [4.69, 9.17) is 23.7 Å². The van der Waals surface area contributed by atoms with Gasteiger partial charge < -0.3 is 39.0 Å². The smallest absolute Gasteiger partial charge is 0.333 e. The van der Waals surface area contributed by atoms with E-state index in [2.05, 4.69) is 19.7 Å². The predicted octanol–water partition coefficient (Wildman–Crippen LogP) is -0.353. The fraction of sp³-hybridized carbons (Fsp3) is 0.571. The topological polar surface area (TPSA) is 158 Å². The van der Waals surface area contributed by atoms with Crippen LogP contribution in [0.15, 0.2) is 37.0 Å². The summed E-state index contributed by atoms with van der Waals surface area (Å²) >= 11 is 0. The first kappa shape index (κ1) is 29.4. The third-order valence-electron chi connectivity index (χ3n) is 4.29. The number of esters is 3. The van der Waals surface area contributed by atoms with Crippen molar-refractivity contribution >= 4 is 17.9 Å². The molecule has 3 N–H and O–H groups in total. The van der Waals surface area contributed by atoms with Gasteiger partial charge in [0, 0.05) is 17.2 Å². The van der Waals surface area contributed by atoms with Crippen LogP contribution in [0, 0.1) is 5.41 Å². The average Bonchev–Trinajstić information content (AvgIpc) is 2.78. The van der Waals surface area contributed by atoms with E-state index in [0.717, 1.165) is 6.08 Å². The number of ether oxygens (including phenoxy) is 5. The zero-order valence-electron chi connectivity index (χ0n) is 18.5. The largest absolute Gasteiger partial charge is 0.460 e. The Morgan fingerprint density at radius 3 is 1.50 bits per heavy atom. The van der Waals surface area contributed by atoms with Crippen LogP contribution < -0.4 is 0 Å². The highest BCUT2D eigenvalue weighted by Crippen LogP contribution is 2.36. The fourth-order valence-corrected chi connectivity index (χ4v) is 2.25. The summed E-state index contributed by atoms with van der Waals surface area (Å²) in [5.41, 5.74) is -1.56. The first-order valence-corrected chi connectivity index (χ1v) is 9.59. The second-order valence-electron chi connectivity index (χ2n) is 6.85. The Balaban J connectivity index is 5.70. The lowest BCUT2D eigenvalue weighted by Gasteiger charge is -2.46. The molecule has 0 unspecified atom stereocenters. The number of hydrogen-bond donors (Lipinski definition) is 3. The highest BCUT2D eigenvalue weighted by Gasteiger charge is 2.54. The average molecular weight is 460 g/mol. The van der Waals surface area contributed by atoms with Gasteiger partial charge in [-0.25, -0.2) is 14.4 Å². The van der Waals surface area contributed by atoms with Crippen LogP contribution in [-0.2, 0) is 38.1 Å². The Morgan fingerprint density at radius 2 is 1.19 bits per heavy atom. The monoisotopic (exact) mass is 460 g/mol. The molecule has 32 heavy (non-hydrogen) atoms. The van der Waals surface area contributed by atoms with Crippen LogP contribution in [0.1, 0.15) is 13.8 Å². The van der Waals surface area contributed by atoms with E-state index in [1.165, 1.54) is 13.8 Å². The van der Waals surface area contributed by atoms with E-state index >= 15 is 0 Å². The quantitative estimate of drug-likeness (QED) is 0.0856. The fourth-order valence-electron chi connectivity index (χ4n) is 2.25. The van der Waals surface area contributed by atoms with E-state index in [1.807, 2.05) is 0 Å². The number of carbonyl (C=O) groups is 3. The molecule has 0 aromatic carbocycles. The molecular weight excluding hydrogens is 428 g/mol. The molecule has 0 rings (SSSR count). The van der Waals surface area contributed by atoms with Crippen molar-refractivity contribution in [2.75, 3.05) is 52.9 Å². The molecule has 0 bridgehead atoms. The molecule has 0 aromatic rings.